The Hall–Kier alpha value is -1.68. The van der Waals surface area contributed by atoms with Gasteiger partial charge in [-0.2, -0.15) is 0 Å². The second-order valence-corrected chi connectivity index (χ2v) is 11.8. The molecule has 0 unspecified atom stereocenters. The third kappa shape index (κ3) is 5.09. The van der Waals surface area contributed by atoms with Crippen molar-refractivity contribution in [3.8, 4) is 0 Å². The minimum absolute atomic E-state index is 0.210. The summed E-state index contributed by atoms with van der Waals surface area (Å²) in [6.07, 6.45) is 6.95. The van der Waals surface area contributed by atoms with Gasteiger partial charge in [0.1, 0.15) is 0 Å². The molecule has 0 aromatic heterocycles. The van der Waals surface area contributed by atoms with Crippen LogP contribution in [0.15, 0.2) is 72.8 Å². The summed E-state index contributed by atoms with van der Waals surface area (Å²) >= 11 is 0. The molecule has 0 bridgehead atoms. The fourth-order valence-electron chi connectivity index (χ4n) is 3.87. The summed E-state index contributed by atoms with van der Waals surface area (Å²) in [7, 11) is -2.64. The van der Waals surface area contributed by atoms with E-state index in [0.29, 0.717) is 11.8 Å². The zero-order valence-corrected chi connectivity index (χ0v) is 19.4. The van der Waals surface area contributed by atoms with Gasteiger partial charge in [0, 0.05) is 24.3 Å². The third-order valence-electron chi connectivity index (χ3n) is 6.26. The fraction of sp³-hybridized carbons (Fsp3) is 0.462. The molecule has 0 radical (unpaired) electrons. The van der Waals surface area contributed by atoms with Crippen LogP contribution < -0.4 is 0 Å². The second kappa shape index (κ2) is 10.4. The molecule has 2 aromatic carbocycles. The summed E-state index contributed by atoms with van der Waals surface area (Å²) in [5.41, 5.74) is 3.04. The van der Waals surface area contributed by atoms with Crippen molar-refractivity contribution in [1.29, 1.82) is 0 Å². The van der Waals surface area contributed by atoms with E-state index < -0.39 is 8.56 Å². The standard InChI is InChI=1S/C26H36O2Si/c1-5-21(3)19-27-29(28-20-22(4)6-2)25(23-13-9-7-10-14-23)17-18-26(29)24-15-11-8-12-16-24/h7-18,21-22,25-26H,5-6,19-20H2,1-4H3/t21-,22-,25+,26+/m0/s1. The number of benzene rings is 2. The molecule has 0 amide bonds. The Labute approximate surface area is 178 Å². The first kappa shape index (κ1) is 22.0. The van der Waals surface area contributed by atoms with Crippen molar-refractivity contribution in [1.82, 2.24) is 0 Å². The molecule has 156 valence electrons. The molecule has 3 heteroatoms. The Bertz CT molecular complexity index is 693. The van der Waals surface area contributed by atoms with Crippen LogP contribution in [0.3, 0.4) is 0 Å². The van der Waals surface area contributed by atoms with Crippen LogP contribution in [0.5, 0.6) is 0 Å². The molecule has 0 N–H and O–H groups in total. The predicted octanol–water partition coefficient (Wildman–Crippen LogP) is 6.77. The molecule has 1 heterocycles. The van der Waals surface area contributed by atoms with Crippen LogP contribution in [0, 0.1) is 11.8 Å². The highest BCUT2D eigenvalue weighted by Crippen LogP contribution is 2.47. The van der Waals surface area contributed by atoms with Gasteiger partial charge in [0.25, 0.3) is 0 Å². The molecule has 2 aromatic rings. The van der Waals surface area contributed by atoms with Crippen LogP contribution in [-0.2, 0) is 8.85 Å². The molecule has 0 saturated carbocycles. The van der Waals surface area contributed by atoms with E-state index in [1.54, 1.807) is 0 Å². The molecule has 1 aliphatic heterocycles. The molecule has 3 rings (SSSR count). The van der Waals surface area contributed by atoms with Gasteiger partial charge in [0.15, 0.2) is 0 Å². The summed E-state index contributed by atoms with van der Waals surface area (Å²) in [5.74, 6) is 1.06. The molecule has 2 nitrogen and oxygen atoms in total. The van der Waals surface area contributed by atoms with Gasteiger partial charge >= 0.3 is 8.56 Å². The van der Waals surface area contributed by atoms with Crippen LogP contribution in [0.4, 0.5) is 0 Å². The van der Waals surface area contributed by atoms with Gasteiger partial charge in [0.2, 0.25) is 0 Å². The lowest BCUT2D eigenvalue weighted by atomic mass is 10.1. The summed E-state index contributed by atoms with van der Waals surface area (Å²) in [5, 5.41) is 0. The predicted molar refractivity (Wildman–Crippen MR) is 124 cm³/mol. The van der Waals surface area contributed by atoms with Crippen LogP contribution in [0.25, 0.3) is 0 Å². The smallest absolute Gasteiger partial charge is 0.361 e. The number of allylic oxidation sites excluding steroid dienone is 2. The Morgan fingerprint density at radius 1 is 0.690 bits per heavy atom. The van der Waals surface area contributed by atoms with Crippen LogP contribution in [0.2, 0.25) is 0 Å². The summed E-state index contributed by atoms with van der Waals surface area (Å²) in [6.45, 7) is 10.5. The first-order chi connectivity index (χ1) is 14.1. The number of rotatable bonds is 10. The van der Waals surface area contributed by atoms with Crippen LogP contribution in [0.1, 0.15) is 62.7 Å². The van der Waals surface area contributed by atoms with Gasteiger partial charge in [-0.25, -0.2) is 0 Å². The quantitative estimate of drug-likeness (QED) is 0.319. The Morgan fingerprint density at radius 3 is 1.41 bits per heavy atom. The van der Waals surface area contributed by atoms with E-state index in [9.17, 15) is 0 Å². The van der Waals surface area contributed by atoms with Gasteiger partial charge in [-0.15, -0.1) is 0 Å². The van der Waals surface area contributed by atoms with E-state index in [1.807, 2.05) is 0 Å². The lowest BCUT2D eigenvalue weighted by molar-refractivity contribution is 0.123. The number of hydrogen-bond acceptors (Lipinski definition) is 2. The fourth-order valence-corrected chi connectivity index (χ4v) is 8.22. The first-order valence-corrected chi connectivity index (χ1v) is 13.1. The molecule has 0 fully saturated rings. The van der Waals surface area contributed by atoms with Crippen molar-refractivity contribution in [2.24, 2.45) is 11.8 Å². The molecule has 0 spiro atoms. The molecule has 4 atom stereocenters. The normalized spacial score (nSPS) is 22.5. The van der Waals surface area contributed by atoms with Crippen LogP contribution in [-0.4, -0.2) is 21.8 Å². The highest BCUT2D eigenvalue weighted by molar-refractivity contribution is 6.72. The van der Waals surface area contributed by atoms with Gasteiger partial charge < -0.3 is 8.85 Å². The van der Waals surface area contributed by atoms with Crippen molar-refractivity contribution in [3.63, 3.8) is 0 Å². The van der Waals surface area contributed by atoms with Gasteiger partial charge in [-0.1, -0.05) is 113 Å². The minimum Gasteiger partial charge on any atom is -0.393 e. The molecule has 0 aliphatic carbocycles. The van der Waals surface area contributed by atoms with Gasteiger partial charge in [0.05, 0.1) is 0 Å². The minimum atomic E-state index is -2.64. The van der Waals surface area contributed by atoms with Gasteiger partial charge in [-0.3, -0.25) is 0 Å². The van der Waals surface area contributed by atoms with E-state index in [2.05, 4.69) is 101 Å². The topological polar surface area (TPSA) is 18.5 Å². The maximum Gasteiger partial charge on any atom is 0.361 e. The van der Waals surface area contributed by atoms with Crippen molar-refractivity contribution < 1.29 is 8.85 Å². The van der Waals surface area contributed by atoms with Crippen molar-refractivity contribution in [2.75, 3.05) is 13.2 Å². The van der Waals surface area contributed by atoms with E-state index >= 15 is 0 Å². The molecular weight excluding hydrogens is 372 g/mol. The average molecular weight is 409 g/mol. The number of hydrogen-bond donors (Lipinski definition) is 0. The molecule has 0 saturated heterocycles. The third-order valence-corrected chi connectivity index (χ3v) is 10.3. The lowest BCUT2D eigenvalue weighted by Crippen LogP contribution is -2.52. The average Bonchev–Trinajstić information content (AvgIpc) is 3.16. The zero-order valence-electron chi connectivity index (χ0n) is 18.4. The molecular formula is C26H36O2Si. The monoisotopic (exact) mass is 408 g/mol. The van der Waals surface area contributed by atoms with E-state index in [0.717, 1.165) is 26.1 Å². The SMILES string of the molecule is CC[C@H](C)CO[Si]1(OC[C@@H](C)CC)[C@@H](c2ccccc2)C=C[C@@H]1c1ccccc1. The highest BCUT2D eigenvalue weighted by Gasteiger charge is 2.55. The van der Waals surface area contributed by atoms with E-state index in [1.165, 1.54) is 11.1 Å². The van der Waals surface area contributed by atoms with Crippen molar-refractivity contribution in [3.05, 3.63) is 83.9 Å². The van der Waals surface area contributed by atoms with E-state index in [-0.39, 0.29) is 11.1 Å². The Balaban J connectivity index is 2.02. The Kier molecular flexibility index (Phi) is 7.88. The van der Waals surface area contributed by atoms with Gasteiger partial charge in [-0.05, 0) is 23.0 Å². The second-order valence-electron chi connectivity index (χ2n) is 8.53. The lowest BCUT2D eigenvalue weighted by Gasteiger charge is -2.39. The largest absolute Gasteiger partial charge is 0.393 e. The maximum atomic E-state index is 6.93. The van der Waals surface area contributed by atoms with E-state index in [4.69, 9.17) is 8.85 Å². The van der Waals surface area contributed by atoms with Crippen molar-refractivity contribution in [2.45, 2.75) is 51.6 Å². The molecule has 1 aliphatic rings. The van der Waals surface area contributed by atoms with Crippen molar-refractivity contribution >= 4 is 8.56 Å². The summed E-state index contributed by atoms with van der Waals surface area (Å²) in [4.78, 5) is 0. The summed E-state index contributed by atoms with van der Waals surface area (Å²) in [6, 6.07) is 21.6. The zero-order chi connectivity index (χ0) is 20.7. The first-order valence-electron chi connectivity index (χ1n) is 11.2. The summed E-state index contributed by atoms with van der Waals surface area (Å²) < 4.78 is 13.9. The molecule has 29 heavy (non-hydrogen) atoms. The highest BCUT2D eigenvalue weighted by atomic mass is 28.4. The Morgan fingerprint density at radius 2 is 1.07 bits per heavy atom. The maximum absolute atomic E-state index is 6.93. The van der Waals surface area contributed by atoms with Crippen LogP contribution >= 0.6 is 0 Å².